The van der Waals surface area contributed by atoms with Crippen molar-refractivity contribution in [1.82, 2.24) is 14.2 Å². The first kappa shape index (κ1) is 22.5. The second-order valence-corrected chi connectivity index (χ2v) is 8.85. The first-order valence-corrected chi connectivity index (χ1v) is 11.9. The predicted octanol–water partition coefficient (Wildman–Crippen LogP) is 5.59. The van der Waals surface area contributed by atoms with Crippen LogP contribution in [0.5, 0.6) is 0 Å². The lowest BCUT2D eigenvalue weighted by Crippen LogP contribution is -2.31. The van der Waals surface area contributed by atoms with Crippen LogP contribution < -0.4 is 5.32 Å². The molecule has 4 rings (SSSR count). The Morgan fingerprint density at radius 3 is 2.43 bits per heavy atom. The molecule has 0 bridgehead atoms. The van der Waals surface area contributed by atoms with Gasteiger partial charge >= 0.3 is 6.03 Å². The van der Waals surface area contributed by atoms with E-state index in [1.54, 1.807) is 16.8 Å². The second-order valence-electron chi connectivity index (χ2n) is 6.93. The number of halogens is 1. The third-order valence-corrected chi connectivity index (χ3v) is 6.73. The zero-order chi connectivity index (χ0) is 21.5. The number of hydrogen-bond acceptors (Lipinski definition) is 2. The maximum Gasteiger partial charge on any atom is 0.326 e. The summed E-state index contributed by atoms with van der Waals surface area (Å²) in [5, 5.41) is 4.49. The van der Waals surface area contributed by atoms with E-state index in [0.29, 0.717) is 11.6 Å². The summed E-state index contributed by atoms with van der Waals surface area (Å²) in [6.07, 6.45) is 5.17. The van der Waals surface area contributed by atoms with Gasteiger partial charge in [0.1, 0.15) is 11.0 Å². The van der Waals surface area contributed by atoms with Gasteiger partial charge in [0.15, 0.2) is 0 Å². The van der Waals surface area contributed by atoms with Gasteiger partial charge in [-0.05, 0) is 54.8 Å². The highest BCUT2D eigenvalue weighted by atomic mass is 35.5. The van der Waals surface area contributed by atoms with Gasteiger partial charge in [-0.15, -0.1) is 0 Å². The molecule has 0 radical (unpaired) electrons. The summed E-state index contributed by atoms with van der Waals surface area (Å²) >= 11 is 6.00. The van der Waals surface area contributed by atoms with E-state index < -0.39 is 11.0 Å². The van der Waals surface area contributed by atoms with E-state index in [1.165, 1.54) is 6.42 Å². The monoisotopic (exact) mass is 445 g/mol. The van der Waals surface area contributed by atoms with E-state index in [9.17, 15) is 9.00 Å². The Balaban J connectivity index is 0.00000124. The fourth-order valence-corrected chi connectivity index (χ4v) is 4.89. The molecule has 0 saturated carbocycles. The maximum atomic E-state index is 12.6. The van der Waals surface area contributed by atoms with E-state index >= 15 is 0 Å². The average molecular weight is 446 g/mol. The smallest absolute Gasteiger partial charge is 0.326 e. The Kier molecular flexibility index (Phi) is 8.08. The average Bonchev–Trinajstić information content (AvgIpc) is 3.22. The molecule has 1 aliphatic heterocycles. The summed E-state index contributed by atoms with van der Waals surface area (Å²) < 4.78 is 16.2. The molecule has 30 heavy (non-hydrogen) atoms. The lowest BCUT2D eigenvalue weighted by atomic mass is 10.2. The number of carbonyl (C=O) groups is 1. The van der Waals surface area contributed by atoms with Gasteiger partial charge in [-0.2, -0.15) is 0 Å². The predicted molar refractivity (Wildman–Crippen MR) is 124 cm³/mol. The summed E-state index contributed by atoms with van der Waals surface area (Å²) in [5.41, 5.74) is 1.78. The minimum absolute atomic E-state index is 0.196. The molecule has 1 aliphatic rings. The molecule has 1 N–H and O–H groups in total. The molecule has 1 aromatic heterocycles. The highest BCUT2D eigenvalue weighted by Crippen LogP contribution is 2.21. The molecule has 160 valence electrons. The SMILES string of the molecule is CC.O=C(NCc1ccc(S(=O)N2CCCCC2)cc1)n1ccc2cc(Cl)ccc21. The van der Waals surface area contributed by atoms with Crippen LogP contribution in [0, 0.1) is 0 Å². The number of piperidine rings is 1. The van der Waals surface area contributed by atoms with Crippen molar-refractivity contribution < 1.29 is 9.00 Å². The van der Waals surface area contributed by atoms with E-state index in [2.05, 4.69) is 5.32 Å². The standard InChI is InChI=1S/C21H22ClN3O2S.C2H6/c22-18-6-9-20-17(14-18)10-13-25(20)21(26)23-15-16-4-7-19(8-5-16)28(27)24-11-2-1-3-12-24;1-2/h4-10,13-14H,1-3,11-12,15H2,(H,23,26);1-2H3. The largest absolute Gasteiger partial charge is 0.333 e. The van der Waals surface area contributed by atoms with Crippen molar-refractivity contribution in [2.75, 3.05) is 13.1 Å². The van der Waals surface area contributed by atoms with Crippen molar-refractivity contribution in [3.8, 4) is 0 Å². The Hall–Kier alpha value is -2.15. The minimum atomic E-state index is -1.10. The van der Waals surface area contributed by atoms with Crippen LogP contribution in [0.4, 0.5) is 4.79 Å². The zero-order valence-corrected chi connectivity index (χ0v) is 19.0. The Morgan fingerprint density at radius 1 is 1.03 bits per heavy atom. The van der Waals surface area contributed by atoms with Gasteiger partial charge in [0.05, 0.1) is 10.4 Å². The molecule has 0 aliphatic carbocycles. The number of rotatable bonds is 4. The number of benzene rings is 2. The van der Waals surface area contributed by atoms with Gasteiger partial charge in [-0.1, -0.05) is 44.0 Å². The molecule has 1 saturated heterocycles. The van der Waals surface area contributed by atoms with Gasteiger partial charge in [-0.3, -0.25) is 4.57 Å². The quantitative estimate of drug-likeness (QED) is 0.569. The van der Waals surface area contributed by atoms with Gasteiger partial charge in [0, 0.05) is 36.2 Å². The summed E-state index contributed by atoms with van der Waals surface area (Å²) in [5.74, 6) is 0. The van der Waals surface area contributed by atoms with Crippen LogP contribution in [0.2, 0.25) is 5.02 Å². The van der Waals surface area contributed by atoms with Crippen LogP contribution in [-0.4, -0.2) is 32.2 Å². The number of fused-ring (bicyclic) bond motifs is 1. The third kappa shape index (κ3) is 5.31. The van der Waals surface area contributed by atoms with Crippen LogP contribution in [0.3, 0.4) is 0 Å². The normalized spacial score (nSPS) is 15.3. The molecule has 1 fully saturated rings. The van der Waals surface area contributed by atoms with Gasteiger partial charge < -0.3 is 5.32 Å². The van der Waals surface area contributed by atoms with E-state index in [4.69, 9.17) is 11.6 Å². The van der Waals surface area contributed by atoms with Crippen LogP contribution in [0.15, 0.2) is 59.6 Å². The minimum Gasteiger partial charge on any atom is -0.333 e. The van der Waals surface area contributed by atoms with Gasteiger partial charge in [-0.25, -0.2) is 13.3 Å². The van der Waals surface area contributed by atoms with E-state index in [-0.39, 0.29) is 6.03 Å². The number of nitrogens with zero attached hydrogens (tertiary/aromatic N) is 2. The van der Waals surface area contributed by atoms with E-state index in [0.717, 1.165) is 47.3 Å². The molecule has 1 amide bonds. The highest BCUT2D eigenvalue weighted by molar-refractivity contribution is 7.82. The molecule has 2 heterocycles. The number of aromatic nitrogens is 1. The summed E-state index contributed by atoms with van der Waals surface area (Å²) in [6.45, 7) is 6.18. The number of hydrogen-bond donors (Lipinski definition) is 1. The molecule has 1 atom stereocenters. The molecular weight excluding hydrogens is 418 g/mol. The van der Waals surface area contributed by atoms with E-state index in [1.807, 2.05) is 60.6 Å². The second kappa shape index (κ2) is 10.8. The van der Waals surface area contributed by atoms with Crippen LogP contribution in [0.1, 0.15) is 38.7 Å². The number of amides is 1. The Bertz CT molecular complexity index is 1010. The molecular formula is C23H28ClN3O2S. The van der Waals surface area contributed by atoms with Crippen LogP contribution in [-0.2, 0) is 17.5 Å². The highest BCUT2D eigenvalue weighted by Gasteiger charge is 2.17. The summed E-state index contributed by atoms with van der Waals surface area (Å²) in [4.78, 5) is 13.3. The molecule has 2 aromatic carbocycles. The Labute approximate surface area is 185 Å². The molecule has 1 unspecified atom stereocenters. The van der Waals surface area contributed by atoms with Crippen molar-refractivity contribution in [3.05, 3.63) is 65.3 Å². The molecule has 3 aromatic rings. The topological polar surface area (TPSA) is 54.3 Å². The lowest BCUT2D eigenvalue weighted by Gasteiger charge is -2.25. The van der Waals surface area contributed by atoms with Crippen molar-refractivity contribution in [2.45, 2.75) is 44.6 Å². The maximum absolute atomic E-state index is 12.6. The Morgan fingerprint density at radius 2 is 1.73 bits per heavy atom. The van der Waals surface area contributed by atoms with Crippen LogP contribution >= 0.6 is 11.6 Å². The van der Waals surface area contributed by atoms with Crippen molar-refractivity contribution in [2.24, 2.45) is 0 Å². The number of nitrogens with one attached hydrogen (secondary N) is 1. The van der Waals surface area contributed by atoms with Gasteiger partial charge in [0.25, 0.3) is 0 Å². The molecule has 7 heteroatoms. The molecule has 5 nitrogen and oxygen atoms in total. The van der Waals surface area contributed by atoms with Crippen molar-refractivity contribution >= 4 is 39.5 Å². The van der Waals surface area contributed by atoms with Gasteiger partial charge in [0.2, 0.25) is 0 Å². The molecule has 0 spiro atoms. The first-order chi connectivity index (χ1) is 14.6. The van der Waals surface area contributed by atoms with Crippen molar-refractivity contribution in [3.63, 3.8) is 0 Å². The lowest BCUT2D eigenvalue weighted by molar-refractivity contribution is 0.243. The third-order valence-electron chi connectivity index (χ3n) is 4.99. The zero-order valence-electron chi connectivity index (χ0n) is 17.4. The van der Waals surface area contributed by atoms with Crippen molar-refractivity contribution in [1.29, 1.82) is 0 Å². The first-order valence-electron chi connectivity index (χ1n) is 10.4. The summed E-state index contributed by atoms with van der Waals surface area (Å²) in [7, 11) is -1.10. The fourth-order valence-electron chi connectivity index (χ4n) is 3.46. The number of carbonyl (C=O) groups excluding carboxylic acids is 1. The summed E-state index contributed by atoms with van der Waals surface area (Å²) in [6, 6.07) is 14.7. The van der Waals surface area contributed by atoms with Crippen LogP contribution in [0.25, 0.3) is 10.9 Å². The fraction of sp³-hybridized carbons (Fsp3) is 0.348.